The van der Waals surface area contributed by atoms with Gasteiger partial charge in [0.25, 0.3) is 0 Å². The summed E-state index contributed by atoms with van der Waals surface area (Å²) in [5.41, 5.74) is 2.01. The zero-order valence-corrected chi connectivity index (χ0v) is 20.2. The molecule has 1 saturated heterocycles. The summed E-state index contributed by atoms with van der Waals surface area (Å²) in [5, 5.41) is 13.0. The molecular weight excluding hydrogens is 416 g/mol. The molecular formula is C25H34N6O2. The number of tetrazole rings is 1. The molecule has 8 heteroatoms. The monoisotopic (exact) mass is 450 g/mol. The predicted molar refractivity (Wildman–Crippen MR) is 129 cm³/mol. The Balaban J connectivity index is 1.68. The molecule has 4 rings (SSSR count). The van der Waals surface area contributed by atoms with Gasteiger partial charge in [-0.2, -0.15) is 0 Å². The van der Waals surface area contributed by atoms with Crippen molar-refractivity contribution in [1.29, 1.82) is 0 Å². The third kappa shape index (κ3) is 4.53. The van der Waals surface area contributed by atoms with Gasteiger partial charge in [0.1, 0.15) is 17.5 Å². The summed E-state index contributed by atoms with van der Waals surface area (Å²) in [6, 6.07) is 16.3. The highest BCUT2D eigenvalue weighted by molar-refractivity contribution is 5.58. The second-order valence-corrected chi connectivity index (χ2v) is 8.95. The number of rotatable bonds is 8. The maximum Gasteiger partial charge on any atom is 0.173 e. The van der Waals surface area contributed by atoms with E-state index in [2.05, 4.69) is 70.4 Å². The molecule has 33 heavy (non-hydrogen) atoms. The van der Waals surface area contributed by atoms with Crippen LogP contribution in [0.4, 0.5) is 5.69 Å². The van der Waals surface area contributed by atoms with Gasteiger partial charge in [-0.15, -0.1) is 5.10 Å². The van der Waals surface area contributed by atoms with Gasteiger partial charge in [-0.25, -0.2) is 4.68 Å². The molecule has 0 unspecified atom stereocenters. The Morgan fingerprint density at radius 3 is 2.21 bits per heavy atom. The molecule has 0 amide bonds. The number of benzene rings is 2. The first-order chi connectivity index (χ1) is 16.0. The quantitative estimate of drug-likeness (QED) is 0.518. The zero-order chi connectivity index (χ0) is 23.4. The Hall–Kier alpha value is -3.13. The number of hydrogen-bond acceptors (Lipinski definition) is 7. The molecule has 0 radical (unpaired) electrons. The van der Waals surface area contributed by atoms with Crippen LogP contribution in [-0.4, -0.2) is 65.5 Å². The van der Waals surface area contributed by atoms with Gasteiger partial charge in [0.2, 0.25) is 0 Å². The summed E-state index contributed by atoms with van der Waals surface area (Å²) in [7, 11) is 3.44. The van der Waals surface area contributed by atoms with Crippen LogP contribution in [0.15, 0.2) is 48.5 Å². The van der Waals surface area contributed by atoms with E-state index in [1.165, 1.54) is 0 Å². The maximum atomic E-state index is 5.76. The first kappa shape index (κ1) is 23.0. The number of nitrogens with zero attached hydrogens (tertiary/aromatic N) is 6. The first-order valence-electron chi connectivity index (χ1n) is 11.5. The second kappa shape index (κ2) is 9.79. The minimum Gasteiger partial charge on any atom is -0.496 e. The summed E-state index contributed by atoms with van der Waals surface area (Å²) < 4.78 is 13.3. The van der Waals surface area contributed by atoms with E-state index in [-0.39, 0.29) is 11.6 Å². The molecule has 8 nitrogen and oxygen atoms in total. The van der Waals surface area contributed by atoms with Gasteiger partial charge in [-0.1, -0.05) is 37.3 Å². The molecule has 3 aromatic rings. The molecule has 176 valence electrons. The van der Waals surface area contributed by atoms with Crippen LogP contribution < -0.4 is 14.4 Å². The molecule has 1 atom stereocenters. The highest BCUT2D eigenvalue weighted by Gasteiger charge is 2.35. The van der Waals surface area contributed by atoms with E-state index < -0.39 is 0 Å². The van der Waals surface area contributed by atoms with Crippen LogP contribution in [0.25, 0.3) is 0 Å². The highest BCUT2D eigenvalue weighted by Crippen LogP contribution is 2.37. The normalized spacial score (nSPS) is 16.0. The van der Waals surface area contributed by atoms with E-state index in [0.717, 1.165) is 61.2 Å². The lowest BCUT2D eigenvalue weighted by Crippen LogP contribution is -2.49. The van der Waals surface area contributed by atoms with Crippen molar-refractivity contribution < 1.29 is 9.47 Å². The molecule has 0 spiro atoms. The average Bonchev–Trinajstić information content (AvgIpc) is 3.35. The van der Waals surface area contributed by atoms with Crippen molar-refractivity contribution >= 4 is 5.69 Å². The van der Waals surface area contributed by atoms with Crippen molar-refractivity contribution in [3.8, 4) is 11.5 Å². The van der Waals surface area contributed by atoms with Crippen LogP contribution in [0.2, 0.25) is 0 Å². The number of piperazine rings is 1. The summed E-state index contributed by atoms with van der Waals surface area (Å²) in [6.07, 6.45) is 0.922. The van der Waals surface area contributed by atoms with E-state index in [1.54, 1.807) is 14.2 Å². The number of para-hydroxylation sites is 3. The molecule has 0 N–H and O–H groups in total. The fraction of sp³-hybridized carbons (Fsp3) is 0.480. The highest BCUT2D eigenvalue weighted by atomic mass is 16.5. The van der Waals surface area contributed by atoms with Crippen molar-refractivity contribution in [2.45, 2.75) is 38.8 Å². The maximum absolute atomic E-state index is 5.76. The third-order valence-corrected chi connectivity index (χ3v) is 6.72. The summed E-state index contributed by atoms with van der Waals surface area (Å²) >= 11 is 0. The lowest BCUT2D eigenvalue weighted by molar-refractivity contribution is 0.184. The molecule has 2 aromatic carbocycles. The van der Waals surface area contributed by atoms with Crippen LogP contribution in [0.1, 0.15) is 44.6 Å². The molecule has 0 aliphatic carbocycles. The molecule has 1 aromatic heterocycles. The molecule has 1 aliphatic rings. The Morgan fingerprint density at radius 2 is 1.55 bits per heavy atom. The van der Waals surface area contributed by atoms with Crippen LogP contribution in [-0.2, 0) is 5.54 Å². The summed E-state index contributed by atoms with van der Waals surface area (Å²) in [5.74, 6) is 2.59. The van der Waals surface area contributed by atoms with Crippen molar-refractivity contribution in [3.05, 3.63) is 59.9 Å². The van der Waals surface area contributed by atoms with E-state index in [1.807, 2.05) is 28.9 Å². The molecule has 0 bridgehead atoms. The number of aromatic nitrogens is 4. The van der Waals surface area contributed by atoms with Gasteiger partial charge in [-0.05, 0) is 48.9 Å². The van der Waals surface area contributed by atoms with Crippen molar-refractivity contribution in [2.24, 2.45) is 0 Å². The van der Waals surface area contributed by atoms with Gasteiger partial charge >= 0.3 is 0 Å². The smallest absolute Gasteiger partial charge is 0.173 e. The largest absolute Gasteiger partial charge is 0.496 e. The van der Waals surface area contributed by atoms with Gasteiger partial charge in [-0.3, -0.25) is 4.90 Å². The first-order valence-corrected chi connectivity index (χ1v) is 11.5. The lowest BCUT2D eigenvalue weighted by atomic mass is 9.98. The van der Waals surface area contributed by atoms with E-state index in [9.17, 15) is 0 Å². The van der Waals surface area contributed by atoms with E-state index in [0.29, 0.717) is 0 Å². The standard InChI is InChI=1S/C25H34N6O2/c1-6-25(2,3)31-24(26-27-28-31)23(19-11-7-9-13-21(19)32-4)30-17-15-29(16-18-30)20-12-8-10-14-22(20)33-5/h7-14,23H,6,15-18H2,1-5H3/t23-/m1/s1. The number of anilines is 1. The van der Waals surface area contributed by atoms with Crippen LogP contribution in [0, 0.1) is 0 Å². The molecule has 1 aliphatic heterocycles. The second-order valence-electron chi connectivity index (χ2n) is 8.95. The van der Waals surface area contributed by atoms with Crippen LogP contribution >= 0.6 is 0 Å². The number of methoxy groups -OCH3 is 2. The summed E-state index contributed by atoms with van der Waals surface area (Å²) in [4.78, 5) is 4.84. The van der Waals surface area contributed by atoms with Crippen molar-refractivity contribution in [1.82, 2.24) is 25.1 Å². The molecule has 2 heterocycles. The van der Waals surface area contributed by atoms with Crippen LogP contribution in [0.3, 0.4) is 0 Å². The van der Waals surface area contributed by atoms with Gasteiger partial charge in [0.15, 0.2) is 5.82 Å². The van der Waals surface area contributed by atoms with Crippen LogP contribution in [0.5, 0.6) is 11.5 Å². The van der Waals surface area contributed by atoms with Gasteiger partial charge in [0, 0.05) is 31.7 Å². The summed E-state index contributed by atoms with van der Waals surface area (Å²) in [6.45, 7) is 9.99. The Kier molecular flexibility index (Phi) is 6.83. The molecule has 0 saturated carbocycles. The number of ether oxygens (including phenoxy) is 2. The van der Waals surface area contributed by atoms with Crippen molar-refractivity contribution in [3.63, 3.8) is 0 Å². The number of hydrogen-bond donors (Lipinski definition) is 0. The van der Waals surface area contributed by atoms with Crippen molar-refractivity contribution in [2.75, 3.05) is 45.3 Å². The average molecular weight is 451 g/mol. The Morgan fingerprint density at radius 1 is 0.909 bits per heavy atom. The zero-order valence-electron chi connectivity index (χ0n) is 20.2. The van der Waals surface area contributed by atoms with E-state index >= 15 is 0 Å². The van der Waals surface area contributed by atoms with E-state index in [4.69, 9.17) is 9.47 Å². The fourth-order valence-electron chi connectivity index (χ4n) is 4.45. The minimum absolute atomic E-state index is 0.109. The van der Waals surface area contributed by atoms with Gasteiger partial charge < -0.3 is 14.4 Å². The Bertz CT molecular complexity index is 1060. The Labute approximate surface area is 196 Å². The minimum atomic E-state index is -0.196. The predicted octanol–water partition coefficient (Wildman–Crippen LogP) is 3.75. The SMILES string of the molecule is CCC(C)(C)n1nnnc1[C@@H](c1ccccc1OC)N1CCN(c2ccccc2OC)CC1. The molecule has 1 fully saturated rings. The lowest BCUT2D eigenvalue weighted by Gasteiger charge is -2.41. The van der Waals surface area contributed by atoms with Gasteiger partial charge in [0.05, 0.1) is 25.4 Å². The third-order valence-electron chi connectivity index (χ3n) is 6.72. The fourth-order valence-corrected chi connectivity index (χ4v) is 4.45. The topological polar surface area (TPSA) is 68.5 Å².